The summed E-state index contributed by atoms with van der Waals surface area (Å²) in [6.45, 7) is 1.98. The Morgan fingerprint density at radius 1 is 1.03 bits per heavy atom. The molecule has 1 unspecified atom stereocenters. The summed E-state index contributed by atoms with van der Waals surface area (Å²) in [5.41, 5.74) is 2.46. The van der Waals surface area contributed by atoms with E-state index < -0.39 is 0 Å². The van der Waals surface area contributed by atoms with Crippen LogP contribution >= 0.6 is 34.7 Å². The zero-order valence-corrected chi connectivity index (χ0v) is 20.3. The number of anilines is 2. The molecule has 4 rings (SSSR count). The van der Waals surface area contributed by atoms with Crippen molar-refractivity contribution in [2.45, 2.75) is 29.9 Å². The summed E-state index contributed by atoms with van der Waals surface area (Å²) in [5.74, 6) is -0.196. The molecule has 0 radical (unpaired) electrons. The van der Waals surface area contributed by atoms with Crippen LogP contribution < -0.4 is 10.6 Å². The smallest absolute Gasteiger partial charge is 0.239 e. The van der Waals surface area contributed by atoms with E-state index in [1.54, 1.807) is 12.1 Å². The van der Waals surface area contributed by atoms with Crippen molar-refractivity contribution in [3.63, 3.8) is 0 Å². The summed E-state index contributed by atoms with van der Waals surface area (Å²) in [6.07, 6.45) is 0.922. The van der Waals surface area contributed by atoms with Gasteiger partial charge >= 0.3 is 0 Å². The van der Waals surface area contributed by atoms with Gasteiger partial charge < -0.3 is 10.6 Å². The SMILES string of the molecule is CCC(Sc1cccc(NC(=O)Cc2ccc(Cl)cc2)c1)C(=O)Nc1nc2ccccc2s1. The fourth-order valence-electron chi connectivity index (χ4n) is 3.24. The van der Waals surface area contributed by atoms with Crippen LogP contribution in [-0.2, 0) is 16.0 Å². The van der Waals surface area contributed by atoms with Crippen molar-refractivity contribution in [2.24, 2.45) is 0 Å². The highest BCUT2D eigenvalue weighted by molar-refractivity contribution is 8.00. The van der Waals surface area contributed by atoms with Crippen LogP contribution in [0.2, 0.25) is 5.02 Å². The zero-order chi connectivity index (χ0) is 23.2. The second-order valence-electron chi connectivity index (χ2n) is 7.37. The minimum absolute atomic E-state index is 0.0845. The predicted molar refractivity (Wildman–Crippen MR) is 138 cm³/mol. The van der Waals surface area contributed by atoms with Crippen molar-refractivity contribution in [1.29, 1.82) is 0 Å². The number of nitrogens with zero attached hydrogens (tertiary/aromatic N) is 1. The molecule has 2 N–H and O–H groups in total. The number of benzene rings is 3. The summed E-state index contributed by atoms with van der Waals surface area (Å²) < 4.78 is 1.04. The van der Waals surface area contributed by atoms with E-state index >= 15 is 0 Å². The average Bonchev–Trinajstić information content (AvgIpc) is 3.21. The topological polar surface area (TPSA) is 71.1 Å². The molecule has 3 aromatic carbocycles. The third kappa shape index (κ3) is 6.35. The highest BCUT2D eigenvalue weighted by Crippen LogP contribution is 2.30. The van der Waals surface area contributed by atoms with Gasteiger partial charge in [0.1, 0.15) is 0 Å². The van der Waals surface area contributed by atoms with Gasteiger partial charge in [-0.05, 0) is 54.4 Å². The second-order valence-corrected chi connectivity index (χ2v) is 10.1. The molecule has 1 atom stereocenters. The van der Waals surface area contributed by atoms with E-state index in [1.807, 2.05) is 67.6 Å². The summed E-state index contributed by atoms with van der Waals surface area (Å²) in [7, 11) is 0. The fourth-order valence-corrected chi connectivity index (χ4v) is 5.25. The molecule has 0 aliphatic heterocycles. The van der Waals surface area contributed by atoms with E-state index in [2.05, 4.69) is 15.6 Å². The number of hydrogen-bond donors (Lipinski definition) is 2. The molecule has 0 saturated carbocycles. The lowest BCUT2D eigenvalue weighted by Gasteiger charge is -2.14. The number of nitrogens with one attached hydrogen (secondary N) is 2. The molecule has 1 aromatic heterocycles. The molecule has 5 nitrogen and oxygen atoms in total. The van der Waals surface area contributed by atoms with E-state index in [-0.39, 0.29) is 23.5 Å². The molecule has 2 amide bonds. The van der Waals surface area contributed by atoms with Crippen molar-refractivity contribution in [1.82, 2.24) is 4.98 Å². The Kier molecular flexibility index (Phi) is 7.65. The quantitative estimate of drug-likeness (QED) is 0.269. The number of para-hydroxylation sites is 1. The fraction of sp³-hybridized carbons (Fsp3) is 0.160. The number of aromatic nitrogens is 1. The molecule has 0 saturated heterocycles. The van der Waals surface area contributed by atoms with E-state index in [0.29, 0.717) is 22.3 Å². The van der Waals surface area contributed by atoms with Gasteiger partial charge in [-0.25, -0.2) is 4.98 Å². The Balaban J connectivity index is 1.37. The predicted octanol–water partition coefficient (Wildman–Crippen LogP) is 6.64. The molecule has 0 spiro atoms. The molecule has 0 aliphatic rings. The van der Waals surface area contributed by atoms with Gasteiger partial charge in [0.25, 0.3) is 0 Å². The molecule has 8 heteroatoms. The average molecular weight is 496 g/mol. The van der Waals surface area contributed by atoms with Gasteiger partial charge in [-0.2, -0.15) is 0 Å². The normalized spacial score (nSPS) is 11.8. The zero-order valence-electron chi connectivity index (χ0n) is 17.9. The number of amides is 2. The van der Waals surface area contributed by atoms with Crippen molar-refractivity contribution < 1.29 is 9.59 Å². The van der Waals surface area contributed by atoms with Crippen LogP contribution in [0.4, 0.5) is 10.8 Å². The van der Waals surface area contributed by atoms with Gasteiger partial charge in [-0.1, -0.05) is 60.2 Å². The number of halogens is 1. The Labute approximate surface area is 205 Å². The third-order valence-electron chi connectivity index (χ3n) is 4.86. The lowest BCUT2D eigenvalue weighted by molar-refractivity contribution is -0.116. The third-order valence-corrected chi connectivity index (χ3v) is 7.42. The number of hydrogen-bond acceptors (Lipinski definition) is 5. The molecule has 0 fully saturated rings. The Morgan fingerprint density at radius 2 is 1.82 bits per heavy atom. The van der Waals surface area contributed by atoms with Gasteiger partial charge in [0.2, 0.25) is 11.8 Å². The Bertz CT molecular complexity index is 1240. The first-order valence-corrected chi connectivity index (χ1v) is 12.5. The minimum Gasteiger partial charge on any atom is -0.326 e. The molecule has 1 heterocycles. The number of thiazole rings is 1. The maximum atomic E-state index is 12.9. The lowest BCUT2D eigenvalue weighted by Crippen LogP contribution is -2.24. The monoisotopic (exact) mass is 495 g/mol. The number of carbonyl (C=O) groups is 2. The van der Waals surface area contributed by atoms with Crippen molar-refractivity contribution in [3.8, 4) is 0 Å². The summed E-state index contributed by atoms with van der Waals surface area (Å²) in [5, 5.41) is 6.84. The van der Waals surface area contributed by atoms with Crippen LogP contribution in [-0.4, -0.2) is 22.0 Å². The van der Waals surface area contributed by atoms with Gasteiger partial charge in [0, 0.05) is 15.6 Å². The summed E-state index contributed by atoms with van der Waals surface area (Å²) in [4.78, 5) is 30.7. The molecule has 168 valence electrons. The van der Waals surface area contributed by atoms with Gasteiger partial charge in [-0.3, -0.25) is 9.59 Å². The first-order valence-electron chi connectivity index (χ1n) is 10.5. The van der Waals surface area contributed by atoms with Gasteiger partial charge in [0.05, 0.1) is 21.9 Å². The van der Waals surface area contributed by atoms with E-state index in [0.717, 1.165) is 20.7 Å². The van der Waals surface area contributed by atoms with Crippen LogP contribution in [0.1, 0.15) is 18.9 Å². The van der Waals surface area contributed by atoms with Crippen molar-refractivity contribution in [2.75, 3.05) is 10.6 Å². The first-order chi connectivity index (χ1) is 16.0. The Hall–Kier alpha value is -2.87. The number of thioether (sulfide) groups is 1. The van der Waals surface area contributed by atoms with Gasteiger partial charge in [0.15, 0.2) is 5.13 Å². The molecular weight excluding hydrogens is 474 g/mol. The minimum atomic E-state index is -0.281. The first kappa shape index (κ1) is 23.3. The van der Waals surface area contributed by atoms with E-state index in [1.165, 1.54) is 23.1 Å². The highest BCUT2D eigenvalue weighted by atomic mass is 35.5. The molecule has 0 aliphatic carbocycles. The van der Waals surface area contributed by atoms with Crippen LogP contribution in [0.3, 0.4) is 0 Å². The molecule has 0 bridgehead atoms. The van der Waals surface area contributed by atoms with E-state index in [9.17, 15) is 9.59 Å². The standard InChI is InChI=1S/C25H22ClN3O2S2/c1-2-21(24(31)29-25-28-20-8-3-4-9-22(20)33-25)32-19-7-5-6-18(15-19)27-23(30)14-16-10-12-17(26)13-11-16/h3-13,15,21H,2,14H2,1H3,(H,27,30)(H,28,29,31). The van der Waals surface area contributed by atoms with Crippen LogP contribution in [0.25, 0.3) is 10.2 Å². The number of fused-ring (bicyclic) bond motifs is 1. The maximum Gasteiger partial charge on any atom is 0.239 e. The largest absolute Gasteiger partial charge is 0.326 e. The maximum absolute atomic E-state index is 12.9. The molecule has 33 heavy (non-hydrogen) atoms. The summed E-state index contributed by atoms with van der Waals surface area (Å²) >= 11 is 8.83. The summed E-state index contributed by atoms with van der Waals surface area (Å²) in [6, 6.07) is 22.6. The van der Waals surface area contributed by atoms with Crippen molar-refractivity contribution in [3.05, 3.63) is 83.4 Å². The molecular formula is C25H22ClN3O2S2. The Morgan fingerprint density at radius 3 is 2.58 bits per heavy atom. The number of carbonyl (C=O) groups excluding carboxylic acids is 2. The van der Waals surface area contributed by atoms with Crippen LogP contribution in [0, 0.1) is 0 Å². The second kappa shape index (κ2) is 10.8. The molecule has 4 aromatic rings. The van der Waals surface area contributed by atoms with Gasteiger partial charge in [-0.15, -0.1) is 11.8 Å². The van der Waals surface area contributed by atoms with E-state index in [4.69, 9.17) is 11.6 Å². The highest BCUT2D eigenvalue weighted by Gasteiger charge is 2.20. The van der Waals surface area contributed by atoms with Crippen LogP contribution in [0.15, 0.2) is 77.7 Å². The lowest BCUT2D eigenvalue weighted by atomic mass is 10.1. The van der Waals surface area contributed by atoms with Crippen LogP contribution in [0.5, 0.6) is 0 Å². The number of rotatable bonds is 8. The van der Waals surface area contributed by atoms with Crippen molar-refractivity contribution >= 4 is 67.5 Å².